The molecule has 1 aromatic heterocycles. The first kappa shape index (κ1) is 31.6. The molecule has 0 aliphatic heterocycles. The molecule has 1 aliphatic rings. The van der Waals surface area contributed by atoms with Crippen molar-refractivity contribution in [3.8, 4) is 0 Å². The molecule has 8 nitrogen and oxygen atoms in total. The molecule has 9 heteroatoms. The van der Waals surface area contributed by atoms with Crippen molar-refractivity contribution in [1.82, 2.24) is 13.8 Å². The summed E-state index contributed by atoms with van der Waals surface area (Å²) < 4.78 is 32.2. The van der Waals surface area contributed by atoms with Gasteiger partial charge >= 0.3 is 0 Å². The summed E-state index contributed by atoms with van der Waals surface area (Å²) in [7, 11) is 1.59. The van der Waals surface area contributed by atoms with Gasteiger partial charge in [0, 0.05) is 50.7 Å². The molecule has 1 heterocycles. The number of carbonyl (C=O) groups excluding carboxylic acids is 1. The molecule has 1 aliphatic carbocycles. The highest BCUT2D eigenvalue weighted by molar-refractivity contribution is 7.86. The van der Waals surface area contributed by atoms with Crippen molar-refractivity contribution in [3.63, 3.8) is 0 Å². The molecule has 0 atom stereocenters. The lowest BCUT2D eigenvalue weighted by Gasteiger charge is -2.24. The monoisotopic (exact) mass is 570 g/mol. The number of nitrogens with zero attached hydrogens (tertiary/aromatic N) is 3. The SMILES string of the molecule is C=C/C(OCC(=O)N(C)CCCCN(C)S(N)(=O)=O)=C(\C=C/C)c1c(C2CCCCC2)c2ccc(C)cc2n1C. The van der Waals surface area contributed by atoms with Crippen molar-refractivity contribution in [2.24, 2.45) is 12.2 Å². The average Bonchev–Trinajstić information content (AvgIpc) is 3.21. The molecular formula is C31H46N4O4S. The molecule has 3 rings (SSSR count). The van der Waals surface area contributed by atoms with Crippen LogP contribution in [-0.4, -0.2) is 61.9 Å². The van der Waals surface area contributed by atoms with Crippen LogP contribution in [0.3, 0.4) is 0 Å². The third-order valence-corrected chi connectivity index (χ3v) is 8.93. The van der Waals surface area contributed by atoms with Crippen LogP contribution in [0.2, 0.25) is 0 Å². The second kappa shape index (κ2) is 14.1. The Morgan fingerprint density at radius 1 is 1.18 bits per heavy atom. The van der Waals surface area contributed by atoms with E-state index in [2.05, 4.69) is 49.4 Å². The minimum atomic E-state index is -3.69. The molecule has 0 radical (unpaired) electrons. The Morgan fingerprint density at radius 2 is 1.85 bits per heavy atom. The van der Waals surface area contributed by atoms with Gasteiger partial charge in [-0.2, -0.15) is 12.7 Å². The number of aryl methyl sites for hydroxylation is 2. The predicted octanol–water partition coefficient (Wildman–Crippen LogP) is 5.40. The van der Waals surface area contributed by atoms with Gasteiger partial charge in [-0.1, -0.05) is 50.1 Å². The Kier molecular flexibility index (Phi) is 11.2. The number of fused-ring (bicyclic) bond motifs is 1. The van der Waals surface area contributed by atoms with Crippen LogP contribution in [0.15, 0.2) is 48.8 Å². The van der Waals surface area contributed by atoms with E-state index in [9.17, 15) is 13.2 Å². The van der Waals surface area contributed by atoms with E-state index in [-0.39, 0.29) is 12.5 Å². The number of benzene rings is 1. The highest BCUT2D eigenvalue weighted by Gasteiger charge is 2.27. The van der Waals surface area contributed by atoms with Crippen molar-refractivity contribution >= 4 is 32.6 Å². The summed E-state index contributed by atoms with van der Waals surface area (Å²) in [5.74, 6) is 0.899. The molecule has 2 aromatic rings. The fourth-order valence-corrected chi connectivity index (χ4v) is 5.97. The zero-order valence-electron chi connectivity index (χ0n) is 24.8. The summed E-state index contributed by atoms with van der Waals surface area (Å²) in [5.41, 5.74) is 5.83. The number of carbonyl (C=O) groups is 1. The Hall–Kier alpha value is -2.88. The third kappa shape index (κ3) is 7.65. The quantitative estimate of drug-likeness (QED) is 0.198. The van der Waals surface area contributed by atoms with Crippen LogP contribution in [0, 0.1) is 6.92 Å². The maximum absolute atomic E-state index is 12.9. The molecule has 1 aromatic carbocycles. The average molecular weight is 571 g/mol. The molecule has 0 unspecified atom stereocenters. The van der Waals surface area contributed by atoms with Gasteiger partial charge in [0.25, 0.3) is 16.1 Å². The molecule has 1 amide bonds. The number of nitrogens with two attached hydrogens (primary N) is 1. The van der Waals surface area contributed by atoms with Crippen LogP contribution in [0.5, 0.6) is 0 Å². The number of ether oxygens (including phenoxy) is 1. The summed E-state index contributed by atoms with van der Waals surface area (Å²) in [6.07, 6.45) is 13.1. The summed E-state index contributed by atoms with van der Waals surface area (Å²) in [5, 5.41) is 6.41. The number of hydrogen-bond donors (Lipinski definition) is 1. The van der Waals surface area contributed by atoms with E-state index in [0.29, 0.717) is 37.6 Å². The van der Waals surface area contributed by atoms with Crippen LogP contribution in [0.4, 0.5) is 0 Å². The van der Waals surface area contributed by atoms with Crippen LogP contribution in [0.1, 0.15) is 74.6 Å². The molecule has 0 saturated heterocycles. The topological polar surface area (TPSA) is 97.9 Å². The molecule has 0 bridgehead atoms. The van der Waals surface area contributed by atoms with Gasteiger partial charge in [0.1, 0.15) is 5.76 Å². The van der Waals surface area contributed by atoms with Gasteiger partial charge in [-0.15, -0.1) is 0 Å². The highest BCUT2D eigenvalue weighted by atomic mass is 32.2. The van der Waals surface area contributed by atoms with Gasteiger partial charge in [-0.25, -0.2) is 5.14 Å². The number of aromatic nitrogens is 1. The minimum absolute atomic E-state index is 0.113. The maximum atomic E-state index is 12.9. The number of hydrogen-bond acceptors (Lipinski definition) is 4. The zero-order valence-corrected chi connectivity index (χ0v) is 25.6. The Labute approximate surface area is 240 Å². The standard InChI is InChI=1S/C31H46N4O4S/c1-7-14-26(28(8-2)39-22-29(36)33(4)19-12-13-20-34(5)40(32,37)38)31-30(24-15-10-9-11-16-24)25-18-17-23(3)21-27(25)35(31)6/h7-8,14,17-18,21,24H,2,9-13,15-16,19-20,22H2,1,3-6H3,(H2,32,37,38)/b14-7-,28-26-. The van der Waals surface area contributed by atoms with E-state index in [1.165, 1.54) is 61.2 Å². The first-order chi connectivity index (χ1) is 19.0. The Bertz CT molecular complexity index is 1370. The van der Waals surface area contributed by atoms with E-state index in [4.69, 9.17) is 9.88 Å². The first-order valence-corrected chi connectivity index (χ1v) is 15.7. The lowest BCUT2D eigenvalue weighted by atomic mass is 9.81. The van der Waals surface area contributed by atoms with Crippen LogP contribution < -0.4 is 5.14 Å². The van der Waals surface area contributed by atoms with E-state index in [1.54, 1.807) is 18.0 Å². The lowest BCUT2D eigenvalue weighted by molar-refractivity contribution is -0.133. The second-order valence-corrected chi connectivity index (χ2v) is 12.5. The number of unbranched alkanes of at least 4 members (excludes halogenated alkanes) is 1. The van der Waals surface area contributed by atoms with Gasteiger partial charge in [-0.3, -0.25) is 4.79 Å². The third-order valence-electron chi connectivity index (χ3n) is 7.88. The summed E-state index contributed by atoms with van der Waals surface area (Å²) in [4.78, 5) is 14.5. The summed E-state index contributed by atoms with van der Waals surface area (Å²) in [6.45, 7) is 8.82. The van der Waals surface area contributed by atoms with Gasteiger partial charge in [0.2, 0.25) is 0 Å². The van der Waals surface area contributed by atoms with Crippen LogP contribution in [-0.2, 0) is 26.8 Å². The van der Waals surface area contributed by atoms with E-state index in [0.717, 1.165) is 15.6 Å². The number of allylic oxidation sites excluding steroid dienone is 4. The molecule has 40 heavy (non-hydrogen) atoms. The van der Waals surface area contributed by atoms with Crippen molar-refractivity contribution in [2.45, 2.75) is 64.7 Å². The van der Waals surface area contributed by atoms with Crippen molar-refractivity contribution in [1.29, 1.82) is 0 Å². The minimum Gasteiger partial charge on any atom is -0.483 e. The number of rotatable bonds is 13. The summed E-state index contributed by atoms with van der Waals surface area (Å²) in [6, 6.07) is 6.68. The largest absolute Gasteiger partial charge is 0.483 e. The molecular weight excluding hydrogens is 524 g/mol. The highest BCUT2D eigenvalue weighted by Crippen LogP contribution is 2.43. The van der Waals surface area contributed by atoms with E-state index in [1.807, 2.05) is 13.0 Å². The van der Waals surface area contributed by atoms with Crippen LogP contribution in [0.25, 0.3) is 16.5 Å². The van der Waals surface area contributed by atoms with Crippen molar-refractivity contribution < 1.29 is 17.9 Å². The summed E-state index contributed by atoms with van der Waals surface area (Å²) >= 11 is 0. The molecule has 2 N–H and O–H groups in total. The lowest BCUT2D eigenvalue weighted by Crippen LogP contribution is -2.35. The number of amides is 1. The Balaban J connectivity index is 1.85. The molecule has 1 saturated carbocycles. The normalized spacial score (nSPS) is 15.6. The van der Waals surface area contributed by atoms with Crippen molar-refractivity contribution in [3.05, 3.63) is 65.6 Å². The van der Waals surface area contributed by atoms with E-state index < -0.39 is 10.2 Å². The zero-order chi connectivity index (χ0) is 29.4. The van der Waals surface area contributed by atoms with Crippen LogP contribution >= 0.6 is 0 Å². The van der Waals surface area contributed by atoms with Gasteiger partial charge in [0.15, 0.2) is 6.61 Å². The van der Waals surface area contributed by atoms with Gasteiger partial charge < -0.3 is 14.2 Å². The molecule has 1 fully saturated rings. The molecule has 220 valence electrons. The fraction of sp³-hybridized carbons (Fsp3) is 0.516. The first-order valence-electron chi connectivity index (χ1n) is 14.2. The number of likely N-dealkylation sites (N-methyl/N-ethyl adjacent to an activating group) is 1. The second-order valence-electron chi connectivity index (χ2n) is 10.8. The van der Waals surface area contributed by atoms with E-state index >= 15 is 0 Å². The maximum Gasteiger partial charge on any atom is 0.276 e. The smallest absolute Gasteiger partial charge is 0.276 e. The molecule has 0 spiro atoms. The fourth-order valence-electron chi connectivity index (χ4n) is 5.58. The van der Waals surface area contributed by atoms with Crippen molar-refractivity contribution in [2.75, 3.05) is 33.8 Å². The predicted molar refractivity (Wildman–Crippen MR) is 164 cm³/mol. The van der Waals surface area contributed by atoms with Gasteiger partial charge in [-0.05, 0) is 68.7 Å². The van der Waals surface area contributed by atoms with Gasteiger partial charge in [0.05, 0.1) is 5.69 Å². The Morgan fingerprint density at radius 3 is 2.48 bits per heavy atom.